The molecule has 3 rings (SSSR count). The molecule has 1 aromatic carbocycles. The molecule has 0 aliphatic rings. The first-order chi connectivity index (χ1) is 11.8. The molecule has 0 fully saturated rings. The SMILES string of the molecule is CCn1cc(S(=O)(=O)Nc2nc3ccc(OC(F)F)cc3s2)c(C)n1. The Bertz CT molecular complexity index is 1010. The Hall–Kier alpha value is -2.27. The summed E-state index contributed by atoms with van der Waals surface area (Å²) in [5.41, 5.74) is 0.855. The first kappa shape index (κ1) is 17.5. The highest BCUT2D eigenvalue weighted by atomic mass is 32.2. The molecule has 2 heterocycles. The van der Waals surface area contributed by atoms with Crippen molar-refractivity contribution in [2.24, 2.45) is 0 Å². The van der Waals surface area contributed by atoms with E-state index in [4.69, 9.17) is 0 Å². The lowest BCUT2D eigenvalue weighted by Crippen LogP contribution is -2.13. The number of nitrogens with one attached hydrogen (secondary N) is 1. The minimum atomic E-state index is -3.85. The van der Waals surface area contributed by atoms with Crippen LogP contribution in [-0.4, -0.2) is 29.8 Å². The first-order valence-electron chi connectivity index (χ1n) is 7.21. The fourth-order valence-electron chi connectivity index (χ4n) is 2.22. The van der Waals surface area contributed by atoms with Gasteiger partial charge >= 0.3 is 6.61 Å². The van der Waals surface area contributed by atoms with Gasteiger partial charge in [-0.1, -0.05) is 11.3 Å². The van der Waals surface area contributed by atoms with E-state index >= 15 is 0 Å². The van der Waals surface area contributed by atoms with Gasteiger partial charge in [0.25, 0.3) is 10.0 Å². The Balaban J connectivity index is 1.90. The lowest BCUT2D eigenvalue weighted by molar-refractivity contribution is -0.0497. The third-order valence-electron chi connectivity index (χ3n) is 3.32. The van der Waals surface area contributed by atoms with E-state index in [1.54, 1.807) is 6.92 Å². The average molecular weight is 388 g/mol. The quantitative estimate of drug-likeness (QED) is 0.701. The Morgan fingerprint density at radius 3 is 2.80 bits per heavy atom. The van der Waals surface area contributed by atoms with Crippen LogP contribution in [0.3, 0.4) is 0 Å². The van der Waals surface area contributed by atoms with E-state index in [0.717, 1.165) is 11.3 Å². The number of halogens is 2. The standard InChI is InChI=1S/C14H14F2N4O3S2/c1-3-20-7-12(8(2)18-20)25(21,22)19-14-17-10-5-4-9(23-13(15)16)6-11(10)24-14/h4-7,13H,3H2,1-2H3,(H,17,19). The van der Waals surface area contributed by atoms with Gasteiger partial charge in [-0.05, 0) is 32.0 Å². The molecule has 7 nitrogen and oxygen atoms in total. The van der Waals surface area contributed by atoms with Gasteiger partial charge in [0, 0.05) is 12.7 Å². The van der Waals surface area contributed by atoms with Gasteiger partial charge in [-0.15, -0.1) is 0 Å². The van der Waals surface area contributed by atoms with Crippen LogP contribution in [0.1, 0.15) is 12.6 Å². The van der Waals surface area contributed by atoms with Crippen molar-refractivity contribution in [2.45, 2.75) is 31.9 Å². The van der Waals surface area contributed by atoms with Crippen LogP contribution in [0.25, 0.3) is 10.2 Å². The number of fused-ring (bicyclic) bond motifs is 1. The van der Waals surface area contributed by atoms with Crippen molar-refractivity contribution < 1.29 is 21.9 Å². The predicted octanol–water partition coefficient (Wildman–Crippen LogP) is 3.22. The molecule has 11 heteroatoms. The van der Waals surface area contributed by atoms with Crippen molar-refractivity contribution in [3.8, 4) is 5.75 Å². The first-order valence-corrected chi connectivity index (χ1v) is 9.50. The molecule has 0 unspecified atom stereocenters. The monoisotopic (exact) mass is 388 g/mol. The third-order valence-corrected chi connectivity index (χ3v) is 5.83. The lowest BCUT2D eigenvalue weighted by Gasteiger charge is -2.02. The zero-order valence-corrected chi connectivity index (χ0v) is 14.9. The van der Waals surface area contributed by atoms with E-state index in [0.29, 0.717) is 22.5 Å². The normalized spacial score (nSPS) is 12.0. The number of rotatable bonds is 6. The summed E-state index contributed by atoms with van der Waals surface area (Å²) in [4.78, 5) is 4.22. The Morgan fingerprint density at radius 1 is 1.40 bits per heavy atom. The van der Waals surface area contributed by atoms with E-state index < -0.39 is 16.6 Å². The maximum Gasteiger partial charge on any atom is 0.387 e. The minimum absolute atomic E-state index is 0.0133. The van der Waals surface area contributed by atoms with E-state index in [2.05, 4.69) is 19.5 Å². The van der Waals surface area contributed by atoms with Gasteiger partial charge in [-0.2, -0.15) is 13.9 Å². The molecule has 0 spiro atoms. The van der Waals surface area contributed by atoms with Gasteiger partial charge in [-0.25, -0.2) is 13.4 Å². The Kier molecular flexibility index (Phi) is 4.60. The van der Waals surface area contributed by atoms with Gasteiger partial charge in [0.1, 0.15) is 10.6 Å². The smallest absolute Gasteiger partial charge is 0.387 e. The molecule has 134 valence electrons. The molecule has 0 aliphatic heterocycles. The van der Waals surface area contributed by atoms with Crippen molar-refractivity contribution >= 4 is 36.7 Å². The molecule has 2 aromatic heterocycles. The molecular weight excluding hydrogens is 374 g/mol. The number of thiazole rings is 1. The highest BCUT2D eigenvalue weighted by Gasteiger charge is 2.22. The molecule has 1 N–H and O–H groups in total. The summed E-state index contributed by atoms with van der Waals surface area (Å²) in [6.45, 7) is 1.07. The number of nitrogens with zero attached hydrogens (tertiary/aromatic N) is 3. The van der Waals surface area contributed by atoms with Crippen LogP contribution in [0.15, 0.2) is 29.3 Å². The molecule has 0 aliphatic carbocycles. The molecule has 0 radical (unpaired) electrons. The van der Waals surface area contributed by atoms with Crippen molar-refractivity contribution in [1.82, 2.24) is 14.8 Å². The van der Waals surface area contributed by atoms with Crippen LogP contribution in [0.2, 0.25) is 0 Å². The van der Waals surface area contributed by atoms with E-state index in [1.807, 2.05) is 6.92 Å². The topological polar surface area (TPSA) is 86.1 Å². The van der Waals surface area contributed by atoms with Crippen LogP contribution >= 0.6 is 11.3 Å². The number of hydrogen-bond acceptors (Lipinski definition) is 6. The number of ether oxygens (including phenoxy) is 1. The Labute approximate surface area is 146 Å². The summed E-state index contributed by atoms with van der Waals surface area (Å²) in [5, 5.41) is 4.24. The fraction of sp³-hybridized carbons (Fsp3) is 0.286. The molecule has 0 saturated heterocycles. The molecule has 25 heavy (non-hydrogen) atoms. The van der Waals surface area contributed by atoms with Crippen LogP contribution in [-0.2, 0) is 16.6 Å². The van der Waals surface area contributed by atoms with Gasteiger partial charge < -0.3 is 4.74 Å². The Morgan fingerprint density at radius 2 is 2.16 bits per heavy atom. The van der Waals surface area contributed by atoms with E-state index in [9.17, 15) is 17.2 Å². The highest BCUT2D eigenvalue weighted by molar-refractivity contribution is 7.93. The van der Waals surface area contributed by atoms with Crippen LogP contribution in [0, 0.1) is 6.92 Å². The number of benzene rings is 1. The summed E-state index contributed by atoms with van der Waals surface area (Å²) in [6, 6.07) is 4.22. The molecule has 0 saturated carbocycles. The second-order valence-electron chi connectivity index (χ2n) is 5.07. The molecule has 0 atom stereocenters. The summed E-state index contributed by atoms with van der Waals surface area (Å²) in [5.74, 6) is -0.0133. The minimum Gasteiger partial charge on any atom is -0.435 e. The summed E-state index contributed by atoms with van der Waals surface area (Å²) in [7, 11) is -3.85. The summed E-state index contributed by atoms with van der Waals surface area (Å²) < 4.78 is 58.4. The maximum absolute atomic E-state index is 12.5. The van der Waals surface area contributed by atoms with Crippen molar-refractivity contribution in [3.63, 3.8) is 0 Å². The predicted molar refractivity (Wildman–Crippen MR) is 89.7 cm³/mol. The van der Waals surface area contributed by atoms with Gasteiger partial charge in [0.05, 0.1) is 15.9 Å². The van der Waals surface area contributed by atoms with Crippen molar-refractivity contribution in [2.75, 3.05) is 4.72 Å². The zero-order valence-electron chi connectivity index (χ0n) is 13.2. The van der Waals surface area contributed by atoms with Crippen molar-refractivity contribution in [3.05, 3.63) is 30.1 Å². The van der Waals surface area contributed by atoms with Gasteiger partial charge in [0.15, 0.2) is 5.13 Å². The van der Waals surface area contributed by atoms with E-state index in [-0.39, 0.29) is 15.8 Å². The largest absolute Gasteiger partial charge is 0.435 e. The number of aryl methyl sites for hydroxylation is 2. The number of anilines is 1. The summed E-state index contributed by atoms with van der Waals surface area (Å²) in [6.07, 6.45) is 1.44. The highest BCUT2D eigenvalue weighted by Crippen LogP contribution is 2.31. The summed E-state index contributed by atoms with van der Waals surface area (Å²) >= 11 is 1.02. The third kappa shape index (κ3) is 3.71. The molecule has 0 amide bonds. The number of aromatic nitrogens is 3. The second kappa shape index (κ2) is 6.56. The average Bonchev–Trinajstić information content (AvgIpc) is 3.08. The number of sulfonamides is 1. The number of hydrogen-bond donors (Lipinski definition) is 1. The molecule has 0 bridgehead atoms. The van der Waals surface area contributed by atoms with Gasteiger partial charge in [0.2, 0.25) is 0 Å². The number of alkyl halides is 2. The van der Waals surface area contributed by atoms with Crippen LogP contribution in [0.4, 0.5) is 13.9 Å². The molecule has 3 aromatic rings. The second-order valence-corrected chi connectivity index (χ2v) is 7.75. The zero-order chi connectivity index (χ0) is 18.2. The van der Waals surface area contributed by atoms with Crippen LogP contribution < -0.4 is 9.46 Å². The lowest BCUT2D eigenvalue weighted by atomic mass is 10.3. The van der Waals surface area contributed by atoms with Gasteiger partial charge in [-0.3, -0.25) is 9.40 Å². The molecular formula is C14H14F2N4O3S2. The maximum atomic E-state index is 12.5. The van der Waals surface area contributed by atoms with E-state index in [1.165, 1.54) is 29.1 Å². The fourth-order valence-corrected chi connectivity index (χ4v) is 4.54. The van der Waals surface area contributed by atoms with Crippen molar-refractivity contribution in [1.29, 1.82) is 0 Å². The van der Waals surface area contributed by atoms with Crippen LogP contribution in [0.5, 0.6) is 5.75 Å².